The van der Waals surface area contributed by atoms with Gasteiger partial charge in [0.25, 0.3) is 0 Å². The molecule has 78 valence electrons. The van der Waals surface area contributed by atoms with E-state index in [2.05, 4.69) is 5.32 Å². The summed E-state index contributed by atoms with van der Waals surface area (Å²) in [5.41, 5.74) is 7.29. The number of aliphatic hydroxyl groups is 1. The predicted molar refractivity (Wildman–Crippen MR) is 60.7 cm³/mol. The fraction of sp³-hybridized carbons (Fsp3) is 0.400. The molecule has 1 rings (SSSR count). The number of benzene rings is 1. The number of halogens is 1. The molecule has 0 aliphatic heterocycles. The molecule has 0 fully saturated rings. The summed E-state index contributed by atoms with van der Waals surface area (Å²) in [6, 6.07) is 5.37. The zero-order chi connectivity index (χ0) is 10.4. The van der Waals surface area contributed by atoms with Gasteiger partial charge in [-0.3, -0.25) is 0 Å². The van der Waals surface area contributed by atoms with E-state index in [1.54, 1.807) is 12.1 Å². The van der Waals surface area contributed by atoms with Crippen molar-refractivity contribution in [2.45, 2.75) is 12.8 Å². The van der Waals surface area contributed by atoms with Crippen molar-refractivity contribution in [3.05, 3.63) is 23.2 Å². The van der Waals surface area contributed by atoms with Gasteiger partial charge in [0.2, 0.25) is 0 Å². The molecule has 1 aromatic rings. The highest BCUT2D eigenvalue weighted by Gasteiger charge is 1.98. The highest BCUT2D eigenvalue weighted by molar-refractivity contribution is 6.31. The zero-order valence-corrected chi connectivity index (χ0v) is 8.72. The van der Waals surface area contributed by atoms with Crippen LogP contribution in [0, 0.1) is 0 Å². The van der Waals surface area contributed by atoms with E-state index in [1.807, 2.05) is 6.07 Å². The van der Waals surface area contributed by atoms with Gasteiger partial charge >= 0.3 is 0 Å². The third kappa shape index (κ3) is 3.44. The highest BCUT2D eigenvalue weighted by Crippen LogP contribution is 2.22. The number of aliphatic hydroxyl groups excluding tert-OH is 1. The van der Waals surface area contributed by atoms with Gasteiger partial charge in [0.1, 0.15) is 0 Å². The van der Waals surface area contributed by atoms with E-state index in [9.17, 15) is 0 Å². The van der Waals surface area contributed by atoms with Crippen molar-refractivity contribution in [1.82, 2.24) is 0 Å². The van der Waals surface area contributed by atoms with E-state index in [4.69, 9.17) is 22.4 Å². The fourth-order valence-corrected chi connectivity index (χ4v) is 1.33. The van der Waals surface area contributed by atoms with Gasteiger partial charge in [-0.15, -0.1) is 0 Å². The molecule has 14 heavy (non-hydrogen) atoms. The first-order valence-corrected chi connectivity index (χ1v) is 5.01. The normalized spacial score (nSPS) is 10.1. The summed E-state index contributed by atoms with van der Waals surface area (Å²) in [6.07, 6.45) is 1.74. The van der Waals surface area contributed by atoms with Crippen LogP contribution in [0.1, 0.15) is 12.8 Å². The van der Waals surface area contributed by atoms with Gasteiger partial charge in [0.05, 0.1) is 11.4 Å². The standard InChI is InChI=1S/C10H15ClN2O/c11-8-3-4-10(9(12)7-8)13-5-1-2-6-14/h3-4,7,13-14H,1-2,5-6,12H2. The van der Waals surface area contributed by atoms with Crippen LogP contribution >= 0.6 is 11.6 Å². The Labute approximate surface area is 88.9 Å². The van der Waals surface area contributed by atoms with E-state index in [0.29, 0.717) is 10.7 Å². The molecule has 0 aliphatic carbocycles. The first-order chi connectivity index (χ1) is 6.74. The number of hydrogen-bond donors (Lipinski definition) is 3. The molecule has 0 unspecified atom stereocenters. The third-order valence-electron chi connectivity index (χ3n) is 1.91. The molecule has 4 heteroatoms. The summed E-state index contributed by atoms with van der Waals surface area (Å²) < 4.78 is 0. The van der Waals surface area contributed by atoms with Gasteiger partial charge in [-0.25, -0.2) is 0 Å². The van der Waals surface area contributed by atoms with E-state index < -0.39 is 0 Å². The first-order valence-electron chi connectivity index (χ1n) is 4.64. The van der Waals surface area contributed by atoms with Gasteiger partial charge in [0, 0.05) is 18.2 Å². The average Bonchev–Trinajstić information content (AvgIpc) is 2.15. The van der Waals surface area contributed by atoms with Gasteiger partial charge in [-0.2, -0.15) is 0 Å². The number of rotatable bonds is 5. The van der Waals surface area contributed by atoms with Crippen LogP contribution in [0.3, 0.4) is 0 Å². The molecule has 0 saturated carbocycles. The van der Waals surface area contributed by atoms with E-state index in [-0.39, 0.29) is 6.61 Å². The molecule has 0 aliphatic rings. The van der Waals surface area contributed by atoms with Crippen molar-refractivity contribution in [1.29, 1.82) is 0 Å². The molecule has 3 nitrogen and oxygen atoms in total. The smallest absolute Gasteiger partial charge is 0.0574 e. The Hall–Kier alpha value is -0.930. The van der Waals surface area contributed by atoms with Crippen LogP contribution < -0.4 is 11.1 Å². The molecule has 0 heterocycles. The number of anilines is 2. The largest absolute Gasteiger partial charge is 0.397 e. The highest BCUT2D eigenvalue weighted by atomic mass is 35.5. The first kappa shape index (κ1) is 11.1. The molecule has 0 aromatic heterocycles. The lowest BCUT2D eigenvalue weighted by molar-refractivity contribution is 0.286. The summed E-state index contributed by atoms with van der Waals surface area (Å²) >= 11 is 5.76. The van der Waals surface area contributed by atoms with Gasteiger partial charge in [0.15, 0.2) is 0 Å². The van der Waals surface area contributed by atoms with Gasteiger partial charge < -0.3 is 16.2 Å². The summed E-state index contributed by atoms with van der Waals surface area (Å²) in [5.74, 6) is 0. The van der Waals surface area contributed by atoms with E-state index in [1.165, 1.54) is 0 Å². The Bertz CT molecular complexity index is 291. The fourth-order valence-electron chi connectivity index (χ4n) is 1.15. The van der Waals surface area contributed by atoms with Crippen molar-refractivity contribution < 1.29 is 5.11 Å². The summed E-state index contributed by atoms with van der Waals surface area (Å²) in [6.45, 7) is 1.05. The molecule has 0 saturated heterocycles. The second-order valence-electron chi connectivity index (χ2n) is 3.09. The van der Waals surface area contributed by atoms with Crippen LogP contribution in [0.4, 0.5) is 11.4 Å². The summed E-state index contributed by atoms with van der Waals surface area (Å²) in [4.78, 5) is 0. The van der Waals surface area contributed by atoms with Crippen LogP contribution in [-0.2, 0) is 0 Å². The van der Waals surface area contributed by atoms with Crippen molar-refractivity contribution in [2.75, 3.05) is 24.2 Å². The molecule has 0 amide bonds. The third-order valence-corrected chi connectivity index (χ3v) is 2.15. The van der Waals surface area contributed by atoms with Gasteiger partial charge in [-0.05, 0) is 31.0 Å². The molecule has 0 spiro atoms. The van der Waals surface area contributed by atoms with E-state index in [0.717, 1.165) is 25.1 Å². The molecule has 0 atom stereocenters. The lowest BCUT2D eigenvalue weighted by Gasteiger charge is -2.08. The topological polar surface area (TPSA) is 58.3 Å². The average molecular weight is 215 g/mol. The lowest BCUT2D eigenvalue weighted by atomic mass is 10.2. The zero-order valence-electron chi connectivity index (χ0n) is 7.96. The SMILES string of the molecule is Nc1cc(Cl)ccc1NCCCCO. The van der Waals surface area contributed by atoms with Crippen LogP contribution in [0.5, 0.6) is 0 Å². The number of hydrogen-bond acceptors (Lipinski definition) is 3. The second kappa shape index (κ2) is 5.73. The van der Waals surface area contributed by atoms with Crippen molar-refractivity contribution in [3.8, 4) is 0 Å². The van der Waals surface area contributed by atoms with Crippen LogP contribution in [0.15, 0.2) is 18.2 Å². The predicted octanol–water partition coefficient (Wildman–Crippen LogP) is 2.11. The Balaban J connectivity index is 2.42. The summed E-state index contributed by atoms with van der Waals surface area (Å²) in [7, 11) is 0. The molecule has 0 bridgehead atoms. The molecular weight excluding hydrogens is 200 g/mol. The van der Waals surface area contributed by atoms with Crippen molar-refractivity contribution >= 4 is 23.0 Å². The van der Waals surface area contributed by atoms with Crippen LogP contribution in [0.2, 0.25) is 5.02 Å². The number of nitrogens with one attached hydrogen (secondary N) is 1. The molecular formula is C10H15ClN2O. The second-order valence-corrected chi connectivity index (χ2v) is 3.53. The Kier molecular flexibility index (Phi) is 4.56. The number of nitrogens with two attached hydrogens (primary N) is 1. The Morgan fingerprint density at radius 1 is 1.36 bits per heavy atom. The monoisotopic (exact) mass is 214 g/mol. The maximum absolute atomic E-state index is 8.58. The van der Waals surface area contributed by atoms with E-state index >= 15 is 0 Å². The Morgan fingerprint density at radius 2 is 2.14 bits per heavy atom. The molecule has 0 radical (unpaired) electrons. The van der Waals surface area contributed by atoms with Crippen LogP contribution in [-0.4, -0.2) is 18.3 Å². The maximum Gasteiger partial charge on any atom is 0.0574 e. The minimum atomic E-state index is 0.234. The number of nitrogen functional groups attached to an aromatic ring is 1. The maximum atomic E-state index is 8.58. The minimum Gasteiger partial charge on any atom is -0.397 e. The molecule has 1 aromatic carbocycles. The number of unbranched alkanes of at least 4 members (excludes halogenated alkanes) is 1. The summed E-state index contributed by atoms with van der Waals surface area (Å²) in [5, 5.41) is 12.4. The Morgan fingerprint density at radius 3 is 2.79 bits per heavy atom. The lowest BCUT2D eigenvalue weighted by Crippen LogP contribution is -2.04. The van der Waals surface area contributed by atoms with Gasteiger partial charge in [-0.1, -0.05) is 11.6 Å². The molecule has 4 N–H and O–H groups in total. The van der Waals surface area contributed by atoms with Crippen molar-refractivity contribution in [3.63, 3.8) is 0 Å². The quantitative estimate of drug-likeness (QED) is 0.520. The van der Waals surface area contributed by atoms with Crippen molar-refractivity contribution in [2.24, 2.45) is 0 Å². The van der Waals surface area contributed by atoms with Crippen LogP contribution in [0.25, 0.3) is 0 Å². The minimum absolute atomic E-state index is 0.234.